The molecule has 2 rings (SSSR count). The van der Waals surface area contributed by atoms with E-state index in [0.717, 1.165) is 19.3 Å². The summed E-state index contributed by atoms with van der Waals surface area (Å²) in [4.78, 5) is 2.54. The molecule has 0 amide bonds. The lowest BCUT2D eigenvalue weighted by atomic mass is 10.0. The van der Waals surface area contributed by atoms with Crippen LogP contribution in [-0.4, -0.2) is 37.2 Å². The monoisotopic (exact) mass is 141 g/mol. The third-order valence-corrected chi connectivity index (χ3v) is 2.54. The van der Waals surface area contributed by atoms with Gasteiger partial charge in [-0.15, -0.1) is 0 Å². The summed E-state index contributed by atoms with van der Waals surface area (Å²) in [5, 5.41) is 0. The van der Waals surface area contributed by atoms with E-state index in [4.69, 9.17) is 4.74 Å². The Balaban J connectivity index is 1.78. The van der Waals surface area contributed by atoms with Gasteiger partial charge in [0.05, 0.1) is 6.61 Å². The largest absolute Gasteiger partial charge is 0.380 e. The molecule has 2 aliphatic heterocycles. The average molecular weight is 141 g/mol. The molecule has 10 heavy (non-hydrogen) atoms. The molecule has 0 aliphatic carbocycles. The molecule has 2 aliphatic rings. The Morgan fingerprint density at radius 3 is 2.60 bits per heavy atom. The maximum Gasteiger partial charge on any atom is 0.0621 e. The van der Waals surface area contributed by atoms with E-state index in [2.05, 4.69) is 4.90 Å². The minimum Gasteiger partial charge on any atom is -0.380 e. The number of rotatable bonds is 1. The standard InChI is InChI=1S/C8H15NO/c1-3-8(7-10-6-1)9-4-2-5-9/h8H,1-7H2/t8-/m1/s1. The molecule has 0 aromatic rings. The maximum absolute atomic E-state index is 5.40. The van der Waals surface area contributed by atoms with Gasteiger partial charge in [0.25, 0.3) is 0 Å². The van der Waals surface area contributed by atoms with E-state index in [1.807, 2.05) is 0 Å². The van der Waals surface area contributed by atoms with Crippen LogP contribution >= 0.6 is 0 Å². The van der Waals surface area contributed by atoms with Gasteiger partial charge in [0.15, 0.2) is 0 Å². The lowest BCUT2D eigenvalue weighted by Gasteiger charge is -2.39. The Morgan fingerprint density at radius 1 is 1.20 bits per heavy atom. The molecule has 2 nitrogen and oxygen atoms in total. The van der Waals surface area contributed by atoms with Crippen molar-refractivity contribution in [1.82, 2.24) is 4.90 Å². The van der Waals surface area contributed by atoms with E-state index >= 15 is 0 Å². The lowest BCUT2D eigenvalue weighted by Crippen LogP contribution is -2.48. The van der Waals surface area contributed by atoms with Crippen molar-refractivity contribution >= 4 is 0 Å². The summed E-state index contributed by atoms with van der Waals surface area (Å²) in [6, 6.07) is 0.766. The van der Waals surface area contributed by atoms with Gasteiger partial charge in [-0.25, -0.2) is 0 Å². The minimum absolute atomic E-state index is 0.766. The molecule has 2 saturated heterocycles. The molecular weight excluding hydrogens is 126 g/mol. The smallest absolute Gasteiger partial charge is 0.0621 e. The normalized spacial score (nSPS) is 35.4. The third kappa shape index (κ3) is 1.18. The predicted molar refractivity (Wildman–Crippen MR) is 40.0 cm³/mol. The van der Waals surface area contributed by atoms with Gasteiger partial charge >= 0.3 is 0 Å². The van der Waals surface area contributed by atoms with Crippen LogP contribution in [-0.2, 0) is 4.74 Å². The zero-order valence-electron chi connectivity index (χ0n) is 6.38. The quantitative estimate of drug-likeness (QED) is 0.537. The van der Waals surface area contributed by atoms with E-state index in [-0.39, 0.29) is 0 Å². The Hall–Kier alpha value is -0.0800. The lowest BCUT2D eigenvalue weighted by molar-refractivity contribution is -0.00582. The molecular formula is C8H15NO. The molecule has 0 aromatic heterocycles. The first kappa shape index (κ1) is 6.62. The molecule has 0 aromatic carbocycles. The summed E-state index contributed by atoms with van der Waals surface area (Å²) >= 11 is 0. The van der Waals surface area contributed by atoms with E-state index in [1.165, 1.54) is 32.4 Å². The molecule has 0 N–H and O–H groups in total. The van der Waals surface area contributed by atoms with Crippen LogP contribution in [0.1, 0.15) is 19.3 Å². The molecule has 2 fully saturated rings. The van der Waals surface area contributed by atoms with Gasteiger partial charge in [-0.1, -0.05) is 0 Å². The van der Waals surface area contributed by atoms with E-state index in [9.17, 15) is 0 Å². The Morgan fingerprint density at radius 2 is 2.10 bits per heavy atom. The maximum atomic E-state index is 5.40. The fraction of sp³-hybridized carbons (Fsp3) is 1.00. The molecule has 0 bridgehead atoms. The SMILES string of the molecule is C1COC[C@H](N2CCC2)C1. The summed E-state index contributed by atoms with van der Waals surface area (Å²) in [5.74, 6) is 0. The highest BCUT2D eigenvalue weighted by atomic mass is 16.5. The number of ether oxygens (including phenoxy) is 1. The number of likely N-dealkylation sites (tertiary alicyclic amines) is 1. The van der Waals surface area contributed by atoms with Crippen LogP contribution in [0.2, 0.25) is 0 Å². The third-order valence-electron chi connectivity index (χ3n) is 2.54. The number of nitrogens with zero attached hydrogens (tertiary/aromatic N) is 1. The van der Waals surface area contributed by atoms with Gasteiger partial charge in [0, 0.05) is 12.6 Å². The Labute approximate surface area is 62.2 Å². The van der Waals surface area contributed by atoms with Gasteiger partial charge in [0.1, 0.15) is 0 Å². The van der Waals surface area contributed by atoms with Gasteiger partial charge in [-0.2, -0.15) is 0 Å². The van der Waals surface area contributed by atoms with Crippen LogP contribution in [0.15, 0.2) is 0 Å². The highest BCUT2D eigenvalue weighted by Gasteiger charge is 2.25. The van der Waals surface area contributed by atoms with Crippen LogP contribution in [0.3, 0.4) is 0 Å². The van der Waals surface area contributed by atoms with Crippen molar-refractivity contribution in [2.75, 3.05) is 26.3 Å². The van der Waals surface area contributed by atoms with Crippen LogP contribution in [0.25, 0.3) is 0 Å². The first-order chi connectivity index (χ1) is 4.97. The first-order valence-electron chi connectivity index (χ1n) is 4.28. The first-order valence-corrected chi connectivity index (χ1v) is 4.28. The van der Waals surface area contributed by atoms with Crippen LogP contribution in [0.5, 0.6) is 0 Å². The van der Waals surface area contributed by atoms with Crippen molar-refractivity contribution in [3.63, 3.8) is 0 Å². The second-order valence-corrected chi connectivity index (χ2v) is 3.26. The predicted octanol–water partition coefficient (Wildman–Crippen LogP) is 0.871. The van der Waals surface area contributed by atoms with Gasteiger partial charge < -0.3 is 4.74 Å². The molecule has 0 spiro atoms. The van der Waals surface area contributed by atoms with Crippen molar-refractivity contribution in [2.45, 2.75) is 25.3 Å². The van der Waals surface area contributed by atoms with Crippen LogP contribution in [0, 0.1) is 0 Å². The topological polar surface area (TPSA) is 12.5 Å². The van der Waals surface area contributed by atoms with Crippen molar-refractivity contribution in [2.24, 2.45) is 0 Å². The zero-order chi connectivity index (χ0) is 6.81. The van der Waals surface area contributed by atoms with E-state index in [1.54, 1.807) is 0 Å². The minimum atomic E-state index is 0.766. The molecule has 0 radical (unpaired) electrons. The van der Waals surface area contributed by atoms with Crippen molar-refractivity contribution < 1.29 is 4.74 Å². The molecule has 2 heteroatoms. The fourth-order valence-corrected chi connectivity index (χ4v) is 1.72. The highest BCUT2D eigenvalue weighted by molar-refractivity contribution is 4.79. The van der Waals surface area contributed by atoms with Crippen LogP contribution < -0.4 is 0 Å². The number of hydrogen-bond donors (Lipinski definition) is 0. The molecule has 0 unspecified atom stereocenters. The summed E-state index contributed by atoms with van der Waals surface area (Å²) in [6.45, 7) is 4.60. The van der Waals surface area contributed by atoms with Gasteiger partial charge in [-0.05, 0) is 32.4 Å². The van der Waals surface area contributed by atoms with Crippen molar-refractivity contribution in [3.8, 4) is 0 Å². The van der Waals surface area contributed by atoms with E-state index in [0.29, 0.717) is 0 Å². The summed E-state index contributed by atoms with van der Waals surface area (Å²) < 4.78 is 5.40. The summed E-state index contributed by atoms with van der Waals surface area (Å²) in [7, 11) is 0. The zero-order valence-corrected chi connectivity index (χ0v) is 6.38. The van der Waals surface area contributed by atoms with Gasteiger partial charge in [-0.3, -0.25) is 4.90 Å². The summed E-state index contributed by atoms with van der Waals surface area (Å²) in [6.07, 6.45) is 4.03. The Bertz CT molecular complexity index is 106. The fourth-order valence-electron chi connectivity index (χ4n) is 1.72. The molecule has 2 heterocycles. The average Bonchev–Trinajstić information content (AvgIpc) is 1.86. The second-order valence-electron chi connectivity index (χ2n) is 3.26. The summed E-state index contributed by atoms with van der Waals surface area (Å²) in [5.41, 5.74) is 0. The van der Waals surface area contributed by atoms with Gasteiger partial charge in [0.2, 0.25) is 0 Å². The van der Waals surface area contributed by atoms with E-state index < -0.39 is 0 Å². The van der Waals surface area contributed by atoms with Crippen molar-refractivity contribution in [1.29, 1.82) is 0 Å². The van der Waals surface area contributed by atoms with Crippen LogP contribution in [0.4, 0.5) is 0 Å². The highest BCUT2D eigenvalue weighted by Crippen LogP contribution is 2.18. The second kappa shape index (κ2) is 2.89. The number of hydrogen-bond acceptors (Lipinski definition) is 2. The van der Waals surface area contributed by atoms with Crippen molar-refractivity contribution in [3.05, 3.63) is 0 Å². The molecule has 58 valence electrons. The Kier molecular flexibility index (Phi) is 1.91. The molecule has 1 atom stereocenters. The molecule has 0 saturated carbocycles.